The van der Waals surface area contributed by atoms with E-state index < -0.39 is 0 Å². The van der Waals surface area contributed by atoms with E-state index in [1.807, 2.05) is 24.3 Å². The average molecular weight is 213 g/mol. The van der Waals surface area contributed by atoms with Crippen LogP contribution in [-0.2, 0) is 0 Å². The number of benzene rings is 1. The Morgan fingerprint density at radius 2 is 2.12 bits per heavy atom. The minimum atomic E-state index is 0.716. The summed E-state index contributed by atoms with van der Waals surface area (Å²) in [6, 6.07) is 7.56. The van der Waals surface area contributed by atoms with Crippen LogP contribution >= 0.6 is 0 Å². The van der Waals surface area contributed by atoms with Gasteiger partial charge in [-0.25, -0.2) is 0 Å². The van der Waals surface area contributed by atoms with Crippen molar-refractivity contribution in [2.75, 3.05) is 7.11 Å². The molecule has 0 aliphatic rings. The number of aromatic nitrogens is 2. The van der Waals surface area contributed by atoms with Gasteiger partial charge in [0.15, 0.2) is 0 Å². The molecule has 80 valence electrons. The Morgan fingerprint density at radius 3 is 2.88 bits per heavy atom. The highest BCUT2D eigenvalue weighted by molar-refractivity contribution is 5.79. The monoisotopic (exact) mass is 213 g/mol. The Labute approximate surface area is 93.7 Å². The number of ether oxygens (including phenoxy) is 1. The van der Waals surface area contributed by atoms with Gasteiger partial charge in [0.1, 0.15) is 11.4 Å². The highest BCUT2D eigenvalue weighted by Crippen LogP contribution is 2.25. The Hall–Kier alpha value is -2.23. The SMILES string of the molecule is COc1ccccc1/N=C/c1cnccn1. The number of hydrogen-bond acceptors (Lipinski definition) is 4. The normalized spacial score (nSPS) is 10.6. The maximum atomic E-state index is 5.18. The second kappa shape index (κ2) is 5.02. The predicted octanol–water partition coefficient (Wildman–Crippen LogP) is 2.24. The van der Waals surface area contributed by atoms with Gasteiger partial charge in [-0.1, -0.05) is 12.1 Å². The molecule has 4 nitrogen and oxygen atoms in total. The van der Waals surface area contributed by atoms with Gasteiger partial charge in [-0.2, -0.15) is 0 Å². The summed E-state index contributed by atoms with van der Waals surface area (Å²) < 4.78 is 5.18. The van der Waals surface area contributed by atoms with Crippen molar-refractivity contribution in [1.82, 2.24) is 9.97 Å². The molecule has 0 amide bonds. The lowest BCUT2D eigenvalue weighted by Gasteiger charge is -2.02. The van der Waals surface area contributed by atoms with E-state index in [9.17, 15) is 0 Å². The maximum absolute atomic E-state index is 5.18. The molecule has 1 aromatic heterocycles. The zero-order valence-electron chi connectivity index (χ0n) is 8.87. The molecule has 0 N–H and O–H groups in total. The Bertz CT molecular complexity index is 483. The van der Waals surface area contributed by atoms with Gasteiger partial charge in [-0.3, -0.25) is 15.0 Å². The topological polar surface area (TPSA) is 47.4 Å². The molecule has 0 spiro atoms. The van der Waals surface area contributed by atoms with Crippen LogP contribution in [0, 0.1) is 0 Å². The number of nitrogens with zero attached hydrogens (tertiary/aromatic N) is 3. The molecule has 0 saturated carbocycles. The summed E-state index contributed by atoms with van der Waals surface area (Å²) in [5, 5.41) is 0. The zero-order chi connectivity index (χ0) is 11.2. The van der Waals surface area contributed by atoms with Crippen LogP contribution in [0.4, 0.5) is 5.69 Å². The number of rotatable bonds is 3. The molecule has 0 radical (unpaired) electrons. The van der Waals surface area contributed by atoms with Crippen LogP contribution in [0.3, 0.4) is 0 Å². The highest BCUT2D eigenvalue weighted by atomic mass is 16.5. The molecule has 0 fully saturated rings. The van der Waals surface area contributed by atoms with Gasteiger partial charge in [0.25, 0.3) is 0 Å². The Kier molecular flexibility index (Phi) is 3.23. The number of methoxy groups -OCH3 is 1. The van der Waals surface area contributed by atoms with E-state index in [0.717, 1.165) is 11.4 Å². The van der Waals surface area contributed by atoms with Gasteiger partial charge in [0.05, 0.1) is 25.2 Å². The summed E-state index contributed by atoms with van der Waals surface area (Å²) >= 11 is 0. The molecule has 0 bridgehead atoms. The first-order valence-corrected chi connectivity index (χ1v) is 4.83. The molecule has 0 aliphatic carbocycles. The van der Waals surface area contributed by atoms with Crippen molar-refractivity contribution < 1.29 is 4.74 Å². The van der Waals surface area contributed by atoms with Crippen molar-refractivity contribution in [2.45, 2.75) is 0 Å². The van der Waals surface area contributed by atoms with Gasteiger partial charge in [0.2, 0.25) is 0 Å². The van der Waals surface area contributed by atoms with Gasteiger partial charge in [-0.15, -0.1) is 0 Å². The van der Waals surface area contributed by atoms with Crippen molar-refractivity contribution >= 4 is 11.9 Å². The largest absolute Gasteiger partial charge is 0.494 e. The van der Waals surface area contributed by atoms with Crippen molar-refractivity contribution in [1.29, 1.82) is 0 Å². The fraction of sp³-hybridized carbons (Fsp3) is 0.0833. The maximum Gasteiger partial charge on any atom is 0.144 e. The first kappa shape index (κ1) is 10.3. The number of hydrogen-bond donors (Lipinski definition) is 0. The molecule has 16 heavy (non-hydrogen) atoms. The van der Waals surface area contributed by atoms with E-state index in [0.29, 0.717) is 5.69 Å². The van der Waals surface area contributed by atoms with E-state index in [-0.39, 0.29) is 0 Å². The van der Waals surface area contributed by atoms with Gasteiger partial charge < -0.3 is 4.74 Å². The first-order valence-electron chi connectivity index (χ1n) is 4.83. The summed E-state index contributed by atoms with van der Waals surface area (Å²) in [6.45, 7) is 0. The molecule has 1 aromatic carbocycles. The standard InChI is InChI=1S/C12H11N3O/c1-16-12-5-3-2-4-11(12)15-9-10-8-13-6-7-14-10/h2-9H,1H3/b15-9+. The molecule has 0 aliphatic heterocycles. The molecular formula is C12H11N3O. The minimum Gasteiger partial charge on any atom is -0.494 e. The van der Waals surface area contributed by atoms with E-state index in [4.69, 9.17) is 4.74 Å². The molecule has 0 saturated heterocycles. The molecule has 2 rings (SSSR count). The van der Waals surface area contributed by atoms with Gasteiger partial charge in [0, 0.05) is 12.4 Å². The van der Waals surface area contributed by atoms with Crippen LogP contribution in [0.2, 0.25) is 0 Å². The summed E-state index contributed by atoms with van der Waals surface area (Å²) in [5.74, 6) is 0.739. The van der Waals surface area contributed by atoms with Crippen LogP contribution in [0.25, 0.3) is 0 Å². The third kappa shape index (κ3) is 2.42. The predicted molar refractivity (Wildman–Crippen MR) is 62.3 cm³/mol. The summed E-state index contributed by atoms with van der Waals surface area (Å²) in [7, 11) is 1.62. The molecule has 0 unspecified atom stereocenters. The smallest absolute Gasteiger partial charge is 0.144 e. The van der Waals surface area contributed by atoms with Crippen LogP contribution < -0.4 is 4.74 Å². The van der Waals surface area contributed by atoms with Crippen LogP contribution in [-0.4, -0.2) is 23.3 Å². The lowest BCUT2D eigenvalue weighted by Crippen LogP contribution is -1.87. The third-order valence-corrected chi connectivity index (χ3v) is 2.00. The van der Waals surface area contributed by atoms with Gasteiger partial charge >= 0.3 is 0 Å². The van der Waals surface area contributed by atoms with Crippen molar-refractivity contribution in [3.8, 4) is 5.75 Å². The Morgan fingerprint density at radius 1 is 1.25 bits per heavy atom. The van der Waals surface area contributed by atoms with Crippen molar-refractivity contribution in [3.63, 3.8) is 0 Å². The van der Waals surface area contributed by atoms with Crippen molar-refractivity contribution in [2.24, 2.45) is 4.99 Å². The van der Waals surface area contributed by atoms with Crippen molar-refractivity contribution in [3.05, 3.63) is 48.5 Å². The van der Waals surface area contributed by atoms with Crippen LogP contribution in [0.15, 0.2) is 47.8 Å². The number of aliphatic imine (C=N–C) groups is 1. The Balaban J connectivity index is 2.24. The average Bonchev–Trinajstić information content (AvgIpc) is 2.38. The molecule has 1 heterocycles. The molecule has 4 heteroatoms. The zero-order valence-corrected chi connectivity index (χ0v) is 8.87. The van der Waals surface area contributed by atoms with E-state index >= 15 is 0 Å². The summed E-state index contributed by atoms with van der Waals surface area (Å²) in [5.41, 5.74) is 1.49. The summed E-state index contributed by atoms with van der Waals surface area (Å²) in [6.07, 6.45) is 6.56. The van der Waals surface area contributed by atoms with E-state index in [1.54, 1.807) is 31.9 Å². The molecule has 2 aromatic rings. The molecular weight excluding hydrogens is 202 g/mol. The third-order valence-electron chi connectivity index (χ3n) is 2.00. The van der Waals surface area contributed by atoms with E-state index in [1.165, 1.54) is 0 Å². The second-order valence-electron chi connectivity index (χ2n) is 3.06. The number of para-hydroxylation sites is 2. The first-order chi connectivity index (χ1) is 7.90. The molecule has 0 atom stereocenters. The fourth-order valence-corrected chi connectivity index (χ4v) is 1.25. The van der Waals surface area contributed by atoms with Gasteiger partial charge in [-0.05, 0) is 12.1 Å². The minimum absolute atomic E-state index is 0.716. The highest BCUT2D eigenvalue weighted by Gasteiger charge is 1.97. The van der Waals surface area contributed by atoms with Crippen LogP contribution in [0.5, 0.6) is 5.75 Å². The van der Waals surface area contributed by atoms with Crippen LogP contribution in [0.1, 0.15) is 5.69 Å². The lowest BCUT2D eigenvalue weighted by atomic mass is 10.3. The lowest BCUT2D eigenvalue weighted by molar-refractivity contribution is 0.416. The van der Waals surface area contributed by atoms with E-state index in [2.05, 4.69) is 15.0 Å². The quantitative estimate of drug-likeness (QED) is 0.734. The fourth-order valence-electron chi connectivity index (χ4n) is 1.25. The summed E-state index contributed by atoms with van der Waals surface area (Å²) in [4.78, 5) is 12.3. The second-order valence-corrected chi connectivity index (χ2v) is 3.06.